The first-order valence-corrected chi connectivity index (χ1v) is 13.2. The van der Waals surface area contributed by atoms with Gasteiger partial charge in [0.15, 0.2) is 12.6 Å². The average molecular weight is 551 g/mol. The van der Waals surface area contributed by atoms with Crippen molar-refractivity contribution in [1.29, 1.82) is 0 Å². The Morgan fingerprint density at radius 2 is 1.95 bits per heavy atom. The highest BCUT2D eigenvalue weighted by Crippen LogP contribution is 2.35. The van der Waals surface area contributed by atoms with Gasteiger partial charge < -0.3 is 20.5 Å². The monoisotopic (exact) mass is 550 g/mol. The molecule has 3 aromatic rings. The number of carbonyl (C=O) groups is 3. The van der Waals surface area contributed by atoms with Crippen LogP contribution in [-0.4, -0.2) is 62.9 Å². The van der Waals surface area contributed by atoms with E-state index in [1.54, 1.807) is 25.2 Å². The van der Waals surface area contributed by atoms with Crippen molar-refractivity contribution in [3.05, 3.63) is 58.5 Å². The lowest BCUT2D eigenvalue weighted by Gasteiger charge is -2.14. The number of rotatable bonds is 6. The molecule has 1 amide bonds. The van der Waals surface area contributed by atoms with E-state index in [0.29, 0.717) is 35.4 Å². The largest absolute Gasteiger partial charge is 0.507 e. The lowest BCUT2D eigenvalue weighted by Crippen LogP contribution is -2.33. The smallest absolute Gasteiger partial charge is 0.407 e. The van der Waals surface area contributed by atoms with Crippen LogP contribution >= 0.6 is 0 Å². The normalized spacial score (nSPS) is 15.4. The van der Waals surface area contributed by atoms with E-state index in [9.17, 15) is 19.5 Å². The number of nitrogens with zero attached hydrogens (tertiary/aromatic N) is 3. The predicted octanol–water partition coefficient (Wildman–Crippen LogP) is 4.40. The summed E-state index contributed by atoms with van der Waals surface area (Å²) >= 11 is 0. The van der Waals surface area contributed by atoms with Crippen LogP contribution in [0.15, 0.2) is 30.3 Å². The Hall–Kier alpha value is -4.59. The molecule has 1 aliphatic rings. The van der Waals surface area contributed by atoms with E-state index in [-0.39, 0.29) is 29.6 Å². The van der Waals surface area contributed by atoms with Gasteiger partial charge in [-0.25, -0.2) is 4.79 Å². The number of phenolic OH excluding ortho intramolecular Hbond substituents is 1. The molecule has 11 heteroatoms. The molecule has 2 atom stereocenters. The van der Waals surface area contributed by atoms with Crippen molar-refractivity contribution >= 4 is 24.5 Å². The number of aldehydes is 2. The first-order valence-electron chi connectivity index (χ1n) is 13.2. The fraction of sp³-hybridized carbons (Fsp3) is 0.414. The number of benzene rings is 1. The van der Waals surface area contributed by atoms with E-state index in [4.69, 9.17) is 4.74 Å². The van der Waals surface area contributed by atoms with Crippen LogP contribution in [0.2, 0.25) is 0 Å². The summed E-state index contributed by atoms with van der Waals surface area (Å²) in [4.78, 5) is 33.1. The fourth-order valence-electron chi connectivity index (χ4n) is 3.99. The minimum absolute atomic E-state index is 0.00471. The van der Waals surface area contributed by atoms with E-state index in [1.165, 1.54) is 10.7 Å². The van der Waals surface area contributed by atoms with Gasteiger partial charge in [0.25, 0.3) is 0 Å². The van der Waals surface area contributed by atoms with E-state index in [0.717, 1.165) is 30.8 Å². The number of aryl methyl sites for hydroxylation is 1. The number of ether oxygens (including phenoxy) is 1. The van der Waals surface area contributed by atoms with Crippen LogP contribution in [0.4, 0.5) is 10.6 Å². The van der Waals surface area contributed by atoms with Crippen LogP contribution in [0, 0.1) is 11.8 Å². The average Bonchev–Trinajstić information content (AvgIpc) is 3.68. The molecule has 2 heterocycles. The Morgan fingerprint density at radius 3 is 2.55 bits per heavy atom. The van der Waals surface area contributed by atoms with Gasteiger partial charge in [0.2, 0.25) is 0 Å². The molecule has 0 bridgehead atoms. The van der Waals surface area contributed by atoms with Crippen molar-refractivity contribution < 1.29 is 24.2 Å². The van der Waals surface area contributed by atoms with E-state index in [2.05, 4.69) is 37.8 Å². The highest BCUT2D eigenvalue weighted by atomic mass is 16.6. The quantitative estimate of drug-likeness (QED) is 0.260. The number of hydrogen-bond acceptors (Lipinski definition) is 8. The van der Waals surface area contributed by atoms with Crippen LogP contribution in [0.25, 0.3) is 0 Å². The van der Waals surface area contributed by atoms with Gasteiger partial charge in [-0.3, -0.25) is 19.4 Å². The number of amides is 1. The molecule has 0 spiro atoms. The van der Waals surface area contributed by atoms with Crippen molar-refractivity contribution in [2.24, 2.45) is 7.05 Å². The van der Waals surface area contributed by atoms with E-state index < -0.39 is 0 Å². The first kappa shape index (κ1) is 31.6. The molecule has 40 heavy (non-hydrogen) atoms. The van der Waals surface area contributed by atoms with Gasteiger partial charge in [0.05, 0.1) is 5.56 Å². The minimum atomic E-state index is -0.318. The Bertz CT molecular complexity index is 1330. The maximum atomic E-state index is 11.5. The van der Waals surface area contributed by atoms with E-state index >= 15 is 0 Å². The number of aromatic amines is 1. The lowest BCUT2D eigenvalue weighted by molar-refractivity contribution is 0.0980. The van der Waals surface area contributed by atoms with Crippen molar-refractivity contribution in [3.8, 4) is 17.6 Å². The molecule has 1 aromatic carbocycles. The molecule has 2 aromatic heterocycles. The number of alkyl carbamates (subject to hydrolysis) is 1. The Labute approximate surface area is 234 Å². The molecule has 11 nitrogen and oxygen atoms in total. The van der Waals surface area contributed by atoms with Crippen LogP contribution in [0.3, 0.4) is 0 Å². The van der Waals surface area contributed by atoms with Gasteiger partial charge >= 0.3 is 6.09 Å². The molecule has 1 aliphatic carbocycles. The molecular formula is C29H38N6O5. The van der Waals surface area contributed by atoms with Crippen LogP contribution < -0.4 is 10.6 Å². The summed E-state index contributed by atoms with van der Waals surface area (Å²) in [6, 6.07) is 8.31. The lowest BCUT2D eigenvalue weighted by atomic mass is 10.0. The second kappa shape index (κ2) is 15.7. The van der Waals surface area contributed by atoms with Crippen molar-refractivity contribution in [1.82, 2.24) is 25.3 Å². The third kappa shape index (κ3) is 9.01. The highest BCUT2D eigenvalue weighted by molar-refractivity contribution is 5.83. The summed E-state index contributed by atoms with van der Waals surface area (Å²) in [7, 11) is 3.48. The third-order valence-electron chi connectivity index (χ3n) is 5.92. The van der Waals surface area contributed by atoms with Gasteiger partial charge in [-0.15, -0.1) is 0 Å². The fourth-order valence-corrected chi connectivity index (χ4v) is 3.99. The van der Waals surface area contributed by atoms with Gasteiger partial charge in [-0.1, -0.05) is 25.8 Å². The Balaban J connectivity index is 0.000000264. The number of aromatic nitrogens is 4. The third-order valence-corrected chi connectivity index (χ3v) is 5.92. The van der Waals surface area contributed by atoms with Crippen molar-refractivity contribution in [2.75, 3.05) is 12.4 Å². The number of phenols is 1. The zero-order chi connectivity index (χ0) is 29.7. The van der Waals surface area contributed by atoms with Crippen molar-refractivity contribution in [2.45, 2.75) is 65.0 Å². The number of nitrogens with one attached hydrogen (secondary N) is 3. The molecule has 0 radical (unpaired) electrons. The van der Waals surface area contributed by atoms with Crippen LogP contribution in [-0.2, 0) is 11.8 Å². The second-order valence-electron chi connectivity index (χ2n) is 9.10. The van der Waals surface area contributed by atoms with Gasteiger partial charge in [-0.05, 0) is 51.2 Å². The molecule has 1 saturated carbocycles. The second-order valence-corrected chi connectivity index (χ2v) is 9.10. The first-order chi connectivity index (χ1) is 19.2. The standard InChI is InChI=1S/C14H10N2O3.C13H22N4O2.C2H6/c1-16-12(8-17)7-11(15-16)6-5-10-3-2-4-14(19)13(10)9-18;1-8(2)15-13(18)19-10-5-4-9(6-10)11-7-12(14-3)17-16-11;1-2/h2-4,7-9,19H,1H3;7-10H,4-6H2,1-3H3,(H,15,18)(H2,14,16,17);1-2H3. The van der Waals surface area contributed by atoms with E-state index in [1.807, 2.05) is 40.8 Å². The number of anilines is 1. The molecule has 0 aliphatic heterocycles. The highest BCUT2D eigenvalue weighted by Gasteiger charge is 2.29. The molecule has 0 saturated heterocycles. The number of H-pyrrole nitrogens is 1. The minimum Gasteiger partial charge on any atom is -0.507 e. The summed E-state index contributed by atoms with van der Waals surface area (Å²) in [6.07, 6.45) is 3.70. The summed E-state index contributed by atoms with van der Waals surface area (Å²) in [6.45, 7) is 7.84. The molecule has 214 valence electrons. The molecular weight excluding hydrogens is 512 g/mol. The van der Waals surface area contributed by atoms with Crippen LogP contribution in [0.1, 0.15) is 90.7 Å². The maximum Gasteiger partial charge on any atom is 0.407 e. The summed E-state index contributed by atoms with van der Waals surface area (Å²) in [5.74, 6) is 6.63. The van der Waals surface area contributed by atoms with Gasteiger partial charge in [-0.2, -0.15) is 10.2 Å². The maximum absolute atomic E-state index is 11.5. The van der Waals surface area contributed by atoms with Gasteiger partial charge in [0, 0.05) is 49.4 Å². The number of aromatic hydroxyl groups is 1. The SMILES string of the molecule is CC.CNc1cc(C2CCC(OC(=O)NC(C)C)C2)[nH]n1.Cn1nc(C#Cc2cccc(O)c2C=O)cc1C=O. The molecule has 1 fully saturated rings. The number of hydrogen-bond donors (Lipinski definition) is 4. The summed E-state index contributed by atoms with van der Waals surface area (Å²) < 4.78 is 6.82. The molecule has 2 unspecified atom stereocenters. The summed E-state index contributed by atoms with van der Waals surface area (Å²) in [5, 5.41) is 26.5. The zero-order valence-corrected chi connectivity index (χ0v) is 23.8. The molecule has 4 N–H and O–H groups in total. The zero-order valence-electron chi connectivity index (χ0n) is 23.8. The topological polar surface area (TPSA) is 151 Å². The Kier molecular flexibility index (Phi) is 12.4. The summed E-state index contributed by atoms with van der Waals surface area (Å²) in [5.41, 5.74) is 2.50. The predicted molar refractivity (Wildman–Crippen MR) is 153 cm³/mol. The number of carbonyl (C=O) groups excluding carboxylic acids is 3. The molecule has 4 rings (SSSR count). The Morgan fingerprint density at radius 1 is 1.20 bits per heavy atom. The van der Waals surface area contributed by atoms with Crippen molar-refractivity contribution in [3.63, 3.8) is 0 Å². The van der Waals surface area contributed by atoms with Gasteiger partial charge in [0.1, 0.15) is 29.1 Å². The van der Waals surface area contributed by atoms with Crippen LogP contribution in [0.5, 0.6) is 5.75 Å².